The highest BCUT2D eigenvalue weighted by molar-refractivity contribution is 5.96. The molecule has 0 aromatic carbocycles. The molecular weight excluding hydrogens is 306 g/mol. The summed E-state index contributed by atoms with van der Waals surface area (Å²) in [6.07, 6.45) is 2.04. The number of carbonyl (C=O) groups is 2. The third-order valence-electron chi connectivity index (χ3n) is 5.35. The van der Waals surface area contributed by atoms with E-state index in [2.05, 4.69) is 5.10 Å². The van der Waals surface area contributed by atoms with Gasteiger partial charge < -0.3 is 14.7 Å². The van der Waals surface area contributed by atoms with E-state index in [0.29, 0.717) is 12.5 Å². The summed E-state index contributed by atoms with van der Waals surface area (Å²) in [6, 6.07) is 0.133. The average molecular weight is 333 g/mol. The molecule has 3 aliphatic rings. The van der Waals surface area contributed by atoms with Gasteiger partial charge in [0.15, 0.2) is 0 Å². The average Bonchev–Trinajstić information content (AvgIpc) is 2.74. The molecule has 7 heteroatoms. The summed E-state index contributed by atoms with van der Waals surface area (Å²) in [5.41, 5.74) is 2.40. The molecule has 0 aliphatic carbocycles. The van der Waals surface area contributed by atoms with Gasteiger partial charge in [-0.1, -0.05) is 0 Å². The fraction of sp³-hybridized carbons (Fsp3) is 0.706. The van der Waals surface area contributed by atoms with Crippen LogP contribution in [0.15, 0.2) is 0 Å². The van der Waals surface area contributed by atoms with Crippen LogP contribution in [0.3, 0.4) is 0 Å². The van der Waals surface area contributed by atoms with Crippen molar-refractivity contribution in [3.8, 4) is 0 Å². The summed E-state index contributed by atoms with van der Waals surface area (Å²) in [7, 11) is 5.42. The molecule has 3 saturated heterocycles. The quantitative estimate of drug-likeness (QED) is 0.777. The number of rotatable bonds is 1. The Hall–Kier alpha value is -2.05. The number of carbonyl (C=O) groups excluding carboxylic acids is 2. The Morgan fingerprint density at radius 1 is 1.12 bits per heavy atom. The van der Waals surface area contributed by atoms with E-state index in [9.17, 15) is 9.59 Å². The second-order valence-corrected chi connectivity index (χ2v) is 7.31. The van der Waals surface area contributed by atoms with Gasteiger partial charge in [-0.05, 0) is 32.6 Å². The molecule has 2 atom stereocenters. The molecule has 0 N–H and O–H groups in total. The minimum absolute atomic E-state index is 0.0370. The molecule has 7 nitrogen and oxygen atoms in total. The number of hydrogen-bond donors (Lipinski definition) is 0. The largest absolute Gasteiger partial charge is 0.333 e. The van der Waals surface area contributed by atoms with Crippen molar-refractivity contribution < 1.29 is 9.59 Å². The number of urea groups is 1. The van der Waals surface area contributed by atoms with Crippen LogP contribution in [-0.2, 0) is 7.05 Å². The number of aromatic nitrogens is 2. The lowest BCUT2D eigenvalue weighted by Gasteiger charge is -2.36. The topological polar surface area (TPSA) is 61.7 Å². The van der Waals surface area contributed by atoms with Gasteiger partial charge in [0.25, 0.3) is 5.91 Å². The zero-order valence-electron chi connectivity index (χ0n) is 15.2. The summed E-state index contributed by atoms with van der Waals surface area (Å²) in [5.74, 6) is 0.417. The lowest BCUT2D eigenvalue weighted by molar-refractivity contribution is 0.0584. The maximum absolute atomic E-state index is 13.2. The molecule has 24 heavy (non-hydrogen) atoms. The second kappa shape index (κ2) is 6.11. The van der Waals surface area contributed by atoms with Crippen molar-refractivity contribution in [2.24, 2.45) is 13.0 Å². The Kier molecular flexibility index (Phi) is 4.27. The summed E-state index contributed by atoms with van der Waals surface area (Å²) in [5, 5.41) is 4.38. The highest BCUT2D eigenvalue weighted by Crippen LogP contribution is 2.30. The zero-order valence-corrected chi connectivity index (χ0v) is 15.2. The summed E-state index contributed by atoms with van der Waals surface area (Å²) < 4.78 is 1.76. The lowest BCUT2D eigenvalue weighted by Crippen LogP contribution is -2.48. The van der Waals surface area contributed by atoms with E-state index in [1.165, 1.54) is 0 Å². The lowest BCUT2D eigenvalue weighted by atomic mass is 9.94. The van der Waals surface area contributed by atoms with Gasteiger partial charge in [0.1, 0.15) is 0 Å². The summed E-state index contributed by atoms with van der Waals surface area (Å²) in [4.78, 5) is 31.0. The van der Waals surface area contributed by atoms with Crippen LogP contribution >= 0.6 is 0 Å². The molecule has 0 spiro atoms. The maximum atomic E-state index is 13.2. The van der Waals surface area contributed by atoms with Crippen molar-refractivity contribution in [3.05, 3.63) is 17.0 Å². The van der Waals surface area contributed by atoms with Crippen LogP contribution in [0.25, 0.3) is 0 Å². The summed E-state index contributed by atoms with van der Waals surface area (Å²) in [6.45, 7) is 5.91. The highest BCUT2D eigenvalue weighted by atomic mass is 16.2. The number of aryl methyl sites for hydroxylation is 2. The molecule has 0 saturated carbocycles. The Balaban J connectivity index is 1.85. The van der Waals surface area contributed by atoms with Gasteiger partial charge in [-0.2, -0.15) is 5.10 Å². The van der Waals surface area contributed by atoms with E-state index in [1.54, 1.807) is 23.7 Å². The SMILES string of the molecule is Cc1nn(C)c(C)c1C(=O)N1C[C@@H]2CC[C@H]1CN(C(=O)N(C)C)C2. The third-order valence-corrected chi connectivity index (χ3v) is 5.35. The van der Waals surface area contributed by atoms with E-state index in [-0.39, 0.29) is 18.0 Å². The molecule has 132 valence electrons. The normalized spacial score (nSPS) is 23.4. The summed E-state index contributed by atoms with van der Waals surface area (Å²) >= 11 is 0. The number of amides is 3. The smallest absolute Gasteiger partial charge is 0.319 e. The molecule has 1 aromatic rings. The molecule has 3 amide bonds. The number of piperidine rings is 1. The number of fused-ring (bicyclic) bond motifs is 4. The Morgan fingerprint density at radius 3 is 2.42 bits per heavy atom. The second-order valence-electron chi connectivity index (χ2n) is 7.31. The van der Waals surface area contributed by atoms with Crippen molar-refractivity contribution in [2.75, 3.05) is 33.7 Å². The van der Waals surface area contributed by atoms with Crippen LogP contribution in [0.5, 0.6) is 0 Å². The fourth-order valence-electron chi connectivity index (χ4n) is 4.00. The molecule has 2 bridgehead atoms. The first-order valence-electron chi connectivity index (χ1n) is 8.57. The molecule has 3 aliphatic heterocycles. The van der Waals surface area contributed by atoms with Crippen LogP contribution in [0.1, 0.15) is 34.6 Å². The highest BCUT2D eigenvalue weighted by Gasteiger charge is 2.40. The monoisotopic (exact) mass is 333 g/mol. The fourth-order valence-corrected chi connectivity index (χ4v) is 4.00. The van der Waals surface area contributed by atoms with E-state index < -0.39 is 0 Å². The number of nitrogens with zero attached hydrogens (tertiary/aromatic N) is 5. The van der Waals surface area contributed by atoms with Gasteiger partial charge in [-0.15, -0.1) is 0 Å². The van der Waals surface area contributed by atoms with Gasteiger partial charge in [-0.3, -0.25) is 9.48 Å². The van der Waals surface area contributed by atoms with Crippen molar-refractivity contribution in [3.63, 3.8) is 0 Å². The van der Waals surface area contributed by atoms with E-state index in [0.717, 1.165) is 42.9 Å². The van der Waals surface area contributed by atoms with E-state index in [4.69, 9.17) is 0 Å². The first kappa shape index (κ1) is 16.8. The molecule has 0 unspecified atom stereocenters. The third kappa shape index (κ3) is 2.76. The van der Waals surface area contributed by atoms with E-state index >= 15 is 0 Å². The van der Waals surface area contributed by atoms with Crippen LogP contribution in [0.2, 0.25) is 0 Å². The van der Waals surface area contributed by atoms with Crippen molar-refractivity contribution in [1.82, 2.24) is 24.5 Å². The van der Waals surface area contributed by atoms with Crippen LogP contribution < -0.4 is 0 Å². The molecule has 4 heterocycles. The first-order chi connectivity index (χ1) is 11.3. The molecular formula is C17H27N5O2. The van der Waals surface area contributed by atoms with Crippen LogP contribution in [-0.4, -0.2) is 76.2 Å². The van der Waals surface area contributed by atoms with Gasteiger partial charge in [0.2, 0.25) is 0 Å². The van der Waals surface area contributed by atoms with Gasteiger partial charge in [-0.25, -0.2) is 4.79 Å². The zero-order chi connectivity index (χ0) is 17.6. The molecule has 4 rings (SSSR count). The van der Waals surface area contributed by atoms with Crippen molar-refractivity contribution in [2.45, 2.75) is 32.7 Å². The standard InChI is InChI=1S/C17H27N5O2/c1-11-15(12(2)20(5)18-11)16(23)22-9-13-6-7-14(22)10-21(8-13)17(24)19(3)4/h13-14H,6-10H2,1-5H3/t13-,14+/m1/s1. The predicted molar refractivity (Wildman–Crippen MR) is 90.9 cm³/mol. The molecule has 1 aromatic heterocycles. The Morgan fingerprint density at radius 2 is 1.83 bits per heavy atom. The van der Waals surface area contributed by atoms with Crippen LogP contribution in [0, 0.1) is 19.8 Å². The maximum Gasteiger partial charge on any atom is 0.319 e. The van der Waals surface area contributed by atoms with Crippen LogP contribution in [0.4, 0.5) is 4.79 Å². The number of hydrogen-bond acceptors (Lipinski definition) is 3. The first-order valence-corrected chi connectivity index (χ1v) is 8.57. The van der Waals surface area contributed by atoms with Gasteiger partial charge in [0, 0.05) is 52.5 Å². The van der Waals surface area contributed by atoms with Gasteiger partial charge in [0.05, 0.1) is 11.3 Å². The molecule has 0 radical (unpaired) electrons. The Bertz CT molecular complexity index is 666. The Labute approximate surface area is 143 Å². The van der Waals surface area contributed by atoms with Gasteiger partial charge >= 0.3 is 6.03 Å². The predicted octanol–water partition coefficient (Wildman–Crippen LogP) is 1.25. The minimum Gasteiger partial charge on any atom is -0.333 e. The van der Waals surface area contributed by atoms with Crippen molar-refractivity contribution >= 4 is 11.9 Å². The van der Waals surface area contributed by atoms with Crippen molar-refractivity contribution in [1.29, 1.82) is 0 Å². The van der Waals surface area contributed by atoms with E-state index in [1.807, 2.05) is 30.7 Å². The molecule has 3 fully saturated rings. The minimum atomic E-state index is 0.0370.